The first-order chi connectivity index (χ1) is 18.4. The zero-order valence-corrected chi connectivity index (χ0v) is 23.4. The Morgan fingerprint density at radius 1 is 1.15 bits per heavy atom. The van der Waals surface area contributed by atoms with Crippen LogP contribution < -0.4 is 21.4 Å². The molecule has 0 aromatic carbocycles. The normalized spacial score (nSPS) is 24.3. The topological polar surface area (TPSA) is 178 Å². The van der Waals surface area contributed by atoms with Gasteiger partial charge in [0.15, 0.2) is 12.4 Å². The van der Waals surface area contributed by atoms with Crippen LogP contribution in [0.1, 0.15) is 59.6 Å². The number of nitrogens with one attached hydrogen (secondary N) is 3. The van der Waals surface area contributed by atoms with Gasteiger partial charge in [-0.25, -0.2) is 19.4 Å². The summed E-state index contributed by atoms with van der Waals surface area (Å²) in [6, 6.07) is -1.13. The highest BCUT2D eigenvalue weighted by Crippen LogP contribution is 2.41. The van der Waals surface area contributed by atoms with Crippen molar-refractivity contribution >= 4 is 19.4 Å². The van der Waals surface area contributed by atoms with Crippen LogP contribution in [0.5, 0.6) is 0 Å². The number of aliphatic hydroxyl groups excluding tert-OH is 1. The molecule has 39 heavy (non-hydrogen) atoms. The maximum atomic E-state index is 14.9. The van der Waals surface area contributed by atoms with Crippen molar-refractivity contribution in [2.24, 2.45) is 0 Å². The summed E-state index contributed by atoms with van der Waals surface area (Å²) in [4.78, 5) is 50.1. The number of hydrogen-bond donors (Lipinski definition) is 4. The summed E-state index contributed by atoms with van der Waals surface area (Å²) in [6.07, 6.45) is -1.70. The fraction of sp³-hybridized carbons (Fsp3) is 0.667. The third-order valence-electron chi connectivity index (χ3n) is 5.81. The Morgan fingerprint density at radius 2 is 1.69 bits per heavy atom. The van der Waals surface area contributed by atoms with Gasteiger partial charge in [0.05, 0.1) is 13.2 Å². The summed E-state index contributed by atoms with van der Waals surface area (Å²) in [5, 5.41) is 15.7. The minimum Gasteiger partial charge on any atom is -0.465 e. The third-order valence-corrected chi connectivity index (χ3v) is 7.94. The Bertz CT molecular complexity index is 1120. The molecule has 0 aliphatic carbocycles. The summed E-state index contributed by atoms with van der Waals surface area (Å²) in [5.74, 6) is -0.289. The standard InChI is InChI=1S/C24H38FN4O9P/c1-5-7-12-36-22(32)15(3)27-39(35,28-16(4)23(33)37-13-8-6-2)14-10-17-20(31)19(25)21(38-17)29-11-9-18(30)26-24(29)34/h9-11,14-17,19-21,31H,5-8,12-13H2,1-4H3,(H,26,30,34)(H2,27,28,35)/b14-10+/t15-,16+,17-,19-,20-,21-,39?/m1/s1. The zero-order valence-electron chi connectivity index (χ0n) is 22.5. The highest BCUT2D eigenvalue weighted by atomic mass is 31.2. The van der Waals surface area contributed by atoms with E-state index in [-0.39, 0.29) is 13.2 Å². The number of ether oxygens (including phenoxy) is 3. The van der Waals surface area contributed by atoms with Gasteiger partial charge in [0, 0.05) is 18.1 Å². The Kier molecular flexibility index (Phi) is 12.7. The molecule has 1 aromatic rings. The predicted molar refractivity (Wildman–Crippen MR) is 140 cm³/mol. The summed E-state index contributed by atoms with van der Waals surface area (Å²) in [6.45, 7) is 7.08. The molecule has 0 radical (unpaired) electrons. The van der Waals surface area contributed by atoms with Crippen LogP contribution >= 0.6 is 7.44 Å². The van der Waals surface area contributed by atoms with Gasteiger partial charge in [-0.15, -0.1) is 0 Å². The second-order valence-electron chi connectivity index (χ2n) is 9.19. The summed E-state index contributed by atoms with van der Waals surface area (Å²) < 4.78 is 45.3. The van der Waals surface area contributed by atoms with Crippen LogP contribution in [0, 0.1) is 0 Å². The lowest BCUT2D eigenvalue weighted by atomic mass is 10.1. The van der Waals surface area contributed by atoms with E-state index in [0.717, 1.165) is 41.6 Å². The Labute approximate surface area is 225 Å². The molecular weight excluding hydrogens is 538 g/mol. The van der Waals surface area contributed by atoms with E-state index in [1.807, 2.05) is 18.8 Å². The molecule has 0 bridgehead atoms. The van der Waals surface area contributed by atoms with Crippen molar-refractivity contribution in [2.75, 3.05) is 13.2 Å². The Hall–Kier alpha value is -2.64. The van der Waals surface area contributed by atoms with Gasteiger partial charge < -0.3 is 19.3 Å². The number of alkyl halides is 1. The number of unbranched alkanes of at least 4 members (excludes halogenated alkanes) is 2. The molecule has 0 saturated carbocycles. The molecule has 7 atom stereocenters. The summed E-state index contributed by atoms with van der Waals surface area (Å²) >= 11 is 0. The average Bonchev–Trinajstić information content (AvgIpc) is 3.16. The molecular formula is C24H38FN4O9P. The molecule has 15 heteroatoms. The molecule has 0 spiro atoms. The summed E-state index contributed by atoms with van der Waals surface area (Å²) in [5.41, 5.74) is -1.63. The summed E-state index contributed by atoms with van der Waals surface area (Å²) in [7, 11) is -3.94. The van der Waals surface area contributed by atoms with E-state index in [9.17, 15) is 33.2 Å². The SMILES string of the molecule is CCCCOC(=O)[C@H](C)NP(=O)(/C=C/[C@H]1O[C@@H](n2ccc(=O)[nH]c2=O)[C@H](F)[C@@H]1O)N[C@H](C)C(=O)OCCCC. The molecule has 13 nitrogen and oxygen atoms in total. The van der Waals surface area contributed by atoms with Crippen molar-refractivity contribution in [3.8, 4) is 0 Å². The fourth-order valence-corrected chi connectivity index (χ4v) is 5.59. The van der Waals surface area contributed by atoms with Gasteiger partial charge in [-0.3, -0.25) is 28.5 Å². The van der Waals surface area contributed by atoms with Gasteiger partial charge in [0.25, 0.3) is 5.56 Å². The average molecular weight is 577 g/mol. The van der Waals surface area contributed by atoms with E-state index in [0.29, 0.717) is 12.8 Å². The molecule has 220 valence electrons. The van der Waals surface area contributed by atoms with E-state index in [2.05, 4.69) is 10.2 Å². The minimum absolute atomic E-state index is 0.181. The van der Waals surface area contributed by atoms with Gasteiger partial charge in [0.1, 0.15) is 24.3 Å². The number of aliphatic hydroxyl groups is 1. The second-order valence-corrected chi connectivity index (χ2v) is 11.3. The van der Waals surface area contributed by atoms with E-state index < -0.39 is 67.3 Å². The number of aromatic nitrogens is 2. The Balaban J connectivity index is 2.24. The minimum atomic E-state index is -3.94. The number of carbonyl (C=O) groups excluding carboxylic acids is 2. The number of halogens is 1. The number of carbonyl (C=O) groups is 2. The fourth-order valence-electron chi connectivity index (χ4n) is 3.57. The van der Waals surface area contributed by atoms with Gasteiger partial charge in [-0.05, 0) is 32.8 Å². The highest BCUT2D eigenvalue weighted by molar-refractivity contribution is 7.63. The van der Waals surface area contributed by atoms with Gasteiger partial charge in [0.2, 0.25) is 7.44 Å². The highest BCUT2D eigenvalue weighted by Gasteiger charge is 2.45. The predicted octanol–water partition coefficient (Wildman–Crippen LogP) is 1.48. The lowest BCUT2D eigenvalue weighted by Crippen LogP contribution is -2.41. The van der Waals surface area contributed by atoms with Crippen molar-refractivity contribution in [2.45, 2.75) is 90.1 Å². The first-order valence-electron chi connectivity index (χ1n) is 12.9. The van der Waals surface area contributed by atoms with E-state index in [1.54, 1.807) is 0 Å². The van der Waals surface area contributed by atoms with Crippen LogP contribution in [0.3, 0.4) is 0 Å². The maximum absolute atomic E-state index is 14.9. The number of nitrogens with zero attached hydrogens (tertiary/aromatic N) is 1. The number of H-pyrrole nitrogens is 1. The van der Waals surface area contributed by atoms with E-state index >= 15 is 0 Å². The van der Waals surface area contributed by atoms with Crippen LogP contribution in [0.25, 0.3) is 0 Å². The molecule has 1 aliphatic rings. The molecule has 2 heterocycles. The Morgan fingerprint density at radius 3 is 2.18 bits per heavy atom. The zero-order chi connectivity index (χ0) is 29.2. The number of aromatic amines is 1. The molecule has 4 N–H and O–H groups in total. The van der Waals surface area contributed by atoms with E-state index in [1.165, 1.54) is 13.8 Å². The van der Waals surface area contributed by atoms with Gasteiger partial charge >= 0.3 is 17.6 Å². The smallest absolute Gasteiger partial charge is 0.330 e. The lowest BCUT2D eigenvalue weighted by molar-refractivity contribution is -0.145. The number of hydrogen-bond acceptors (Lipinski definition) is 9. The monoisotopic (exact) mass is 576 g/mol. The van der Waals surface area contributed by atoms with Crippen LogP contribution in [0.4, 0.5) is 4.39 Å². The first kappa shape index (κ1) is 32.6. The molecule has 1 fully saturated rings. The van der Waals surface area contributed by atoms with Crippen LogP contribution in [-0.2, 0) is 28.4 Å². The second kappa shape index (κ2) is 15.2. The molecule has 2 rings (SSSR count). The molecule has 1 unspecified atom stereocenters. The van der Waals surface area contributed by atoms with Crippen molar-refractivity contribution < 1.29 is 37.9 Å². The maximum Gasteiger partial charge on any atom is 0.330 e. The van der Waals surface area contributed by atoms with Crippen molar-refractivity contribution in [3.63, 3.8) is 0 Å². The third kappa shape index (κ3) is 9.50. The quantitative estimate of drug-likeness (QED) is 0.135. The van der Waals surface area contributed by atoms with Gasteiger partial charge in [-0.2, -0.15) is 0 Å². The number of esters is 2. The van der Waals surface area contributed by atoms with Gasteiger partial charge in [-0.1, -0.05) is 26.7 Å². The molecule has 1 aromatic heterocycles. The molecule has 1 saturated heterocycles. The van der Waals surface area contributed by atoms with Crippen molar-refractivity contribution in [1.29, 1.82) is 0 Å². The van der Waals surface area contributed by atoms with Crippen LogP contribution in [-0.4, -0.2) is 70.3 Å². The molecule has 0 amide bonds. The van der Waals surface area contributed by atoms with E-state index in [4.69, 9.17) is 14.2 Å². The lowest BCUT2D eigenvalue weighted by Gasteiger charge is -2.24. The molecule has 1 aliphatic heterocycles. The van der Waals surface area contributed by atoms with Crippen molar-refractivity contribution in [1.82, 2.24) is 19.7 Å². The largest absolute Gasteiger partial charge is 0.465 e. The number of rotatable bonds is 15. The van der Waals surface area contributed by atoms with Crippen LogP contribution in [0.15, 0.2) is 33.7 Å². The first-order valence-corrected chi connectivity index (χ1v) is 14.7. The van der Waals surface area contributed by atoms with Crippen LogP contribution in [0.2, 0.25) is 0 Å². The van der Waals surface area contributed by atoms with Crippen molar-refractivity contribution in [3.05, 3.63) is 45.0 Å².